The third kappa shape index (κ3) is 12.5. The second-order valence-corrected chi connectivity index (χ2v) is 28.9. The highest BCUT2D eigenvalue weighted by Gasteiger charge is 2.23. The van der Waals surface area contributed by atoms with E-state index in [9.17, 15) is 0 Å². The SMILES string of the molecule is C1=Cc2c(c(-c3ccc(-c4cc(-c5ccccc5)nc(-c5cccc(-c6c7ccccc7c(-c7ccccc7)c7ccccc67)c5)n4)cc3)cc3ccccc23)CC1.c1ccc(-c2cc(-c3ccc(-c4cccc5ccccc45)cc3)nc(-c3cccc(-c4c5ccccc5c(-c5ccccc5)c5ccccc45)c3)n2)cc1. The fraction of sp³-hybridized carbons (Fsp3) is 0.0185. The van der Waals surface area contributed by atoms with Gasteiger partial charge in [0.05, 0.1) is 22.8 Å². The maximum absolute atomic E-state index is 5.31. The second kappa shape index (κ2) is 29.2. The van der Waals surface area contributed by atoms with Gasteiger partial charge in [-0.2, -0.15) is 0 Å². The van der Waals surface area contributed by atoms with Gasteiger partial charge in [0.25, 0.3) is 0 Å². The molecule has 4 heteroatoms. The fourth-order valence-electron chi connectivity index (χ4n) is 17.0. The summed E-state index contributed by atoms with van der Waals surface area (Å²) in [6.07, 6.45) is 6.73. The van der Waals surface area contributed by atoms with E-state index < -0.39 is 0 Å². The van der Waals surface area contributed by atoms with Gasteiger partial charge >= 0.3 is 0 Å². The molecule has 0 bridgehead atoms. The third-order valence-electron chi connectivity index (χ3n) is 22.2. The molecule has 0 amide bonds. The van der Waals surface area contributed by atoms with Crippen LogP contribution in [0.4, 0.5) is 0 Å². The van der Waals surface area contributed by atoms with E-state index in [4.69, 9.17) is 19.9 Å². The molecular formula is C108H72N4. The predicted octanol–water partition coefficient (Wildman–Crippen LogP) is 28.8. The zero-order valence-corrected chi connectivity index (χ0v) is 61.5. The Hall–Kier alpha value is -14.6. The molecule has 2 heterocycles. The van der Waals surface area contributed by atoms with E-state index in [1.807, 2.05) is 12.1 Å². The number of fused-ring (bicyclic) bond motifs is 8. The molecule has 0 fully saturated rings. The van der Waals surface area contributed by atoms with Crippen molar-refractivity contribution in [1.82, 2.24) is 19.9 Å². The van der Waals surface area contributed by atoms with Crippen LogP contribution in [0.1, 0.15) is 17.5 Å². The first-order valence-electron chi connectivity index (χ1n) is 38.5. The van der Waals surface area contributed by atoms with E-state index in [1.54, 1.807) is 0 Å². The van der Waals surface area contributed by atoms with Crippen LogP contribution in [0.5, 0.6) is 0 Å². The monoisotopic (exact) mass is 1420 g/mol. The summed E-state index contributed by atoms with van der Waals surface area (Å²) in [7, 11) is 0. The van der Waals surface area contributed by atoms with Crippen LogP contribution in [-0.2, 0) is 6.42 Å². The number of rotatable bonds is 12. The maximum atomic E-state index is 5.31. The van der Waals surface area contributed by atoms with E-state index >= 15 is 0 Å². The van der Waals surface area contributed by atoms with E-state index in [0.717, 1.165) is 80.1 Å². The maximum Gasteiger partial charge on any atom is 0.160 e. The van der Waals surface area contributed by atoms with Crippen molar-refractivity contribution in [3.05, 3.63) is 418 Å². The van der Waals surface area contributed by atoms with Crippen molar-refractivity contribution in [3.8, 4) is 135 Å². The normalized spacial score (nSPS) is 11.8. The lowest BCUT2D eigenvalue weighted by atomic mass is 9.85. The number of nitrogens with zero attached hydrogens (tertiary/aromatic N) is 4. The minimum absolute atomic E-state index is 0.695. The van der Waals surface area contributed by atoms with Gasteiger partial charge < -0.3 is 0 Å². The molecule has 0 spiro atoms. The Kier molecular flexibility index (Phi) is 17.4. The zero-order valence-electron chi connectivity index (χ0n) is 61.5. The average Bonchev–Trinajstić information content (AvgIpc) is 0.735. The van der Waals surface area contributed by atoms with Crippen LogP contribution in [0.2, 0.25) is 0 Å². The summed E-state index contributed by atoms with van der Waals surface area (Å²) in [4.78, 5) is 21.0. The Bertz CT molecular complexity index is 6890. The number of benzene rings is 18. The standard InChI is InChI=1S/C56H38N2.C52H34N2/c1-3-16-38(17-4-1)52-36-53(39-32-30-37(31-33-39)51-35-41-20-7-8-23-44(41)45-24-9-10-25-46(45)51)58-56(57-52)43-22-15-21-42(34-43)55-49-28-13-11-26-47(49)54(40-18-5-2-6-19-40)48-27-12-14-29-50(48)55;1-3-16-37(17-4-1)48-34-49(38-31-29-36(30-32-38)43-28-14-20-35-15-7-8-23-42(35)43)54-52(53-48)41-22-13-21-40(33-41)51-46-26-11-9-24-44(46)50(39-18-5-2-6-19-39)45-25-10-12-27-47(45)51/h1-9,11-24,26-36H,10,25H2;1-34H. The Morgan fingerprint density at radius 1 is 0.188 bits per heavy atom. The average molecular weight is 1430 g/mol. The van der Waals surface area contributed by atoms with Crippen molar-refractivity contribution >= 4 is 70.7 Å². The molecule has 0 atom stereocenters. The van der Waals surface area contributed by atoms with Gasteiger partial charge in [-0.1, -0.05) is 382 Å². The van der Waals surface area contributed by atoms with Gasteiger partial charge in [0, 0.05) is 33.4 Å². The van der Waals surface area contributed by atoms with E-state index in [0.29, 0.717) is 11.6 Å². The second-order valence-electron chi connectivity index (χ2n) is 28.9. The highest BCUT2D eigenvalue weighted by Crippen LogP contribution is 2.48. The van der Waals surface area contributed by atoms with Crippen LogP contribution in [0.25, 0.3) is 205 Å². The van der Waals surface area contributed by atoms with Crippen molar-refractivity contribution < 1.29 is 0 Å². The first-order valence-corrected chi connectivity index (χ1v) is 38.5. The molecule has 1 aliphatic carbocycles. The van der Waals surface area contributed by atoms with Crippen LogP contribution in [0.3, 0.4) is 0 Å². The number of aromatic nitrogens is 4. The highest BCUT2D eigenvalue weighted by atomic mass is 14.9. The molecule has 20 aromatic rings. The summed E-state index contributed by atoms with van der Waals surface area (Å²) < 4.78 is 0. The zero-order chi connectivity index (χ0) is 74.3. The number of allylic oxidation sites excluding steroid dienone is 1. The van der Waals surface area contributed by atoms with E-state index in [1.165, 1.54) is 131 Å². The first-order chi connectivity index (χ1) is 55.5. The molecular weight excluding hydrogens is 1350 g/mol. The molecule has 21 rings (SSSR count). The molecule has 0 saturated heterocycles. The molecule has 524 valence electrons. The van der Waals surface area contributed by atoms with Gasteiger partial charge in [-0.25, -0.2) is 19.9 Å². The van der Waals surface area contributed by atoms with Crippen molar-refractivity contribution in [2.75, 3.05) is 0 Å². The van der Waals surface area contributed by atoms with E-state index in [2.05, 4.69) is 400 Å². The lowest BCUT2D eigenvalue weighted by Gasteiger charge is -2.19. The fourth-order valence-corrected chi connectivity index (χ4v) is 17.0. The van der Waals surface area contributed by atoms with Crippen LogP contribution >= 0.6 is 0 Å². The lowest BCUT2D eigenvalue weighted by molar-refractivity contribution is 0.992. The van der Waals surface area contributed by atoms with Crippen LogP contribution in [-0.4, -0.2) is 19.9 Å². The van der Waals surface area contributed by atoms with Crippen molar-refractivity contribution in [2.45, 2.75) is 12.8 Å². The van der Waals surface area contributed by atoms with Gasteiger partial charge in [-0.05, 0) is 186 Å². The van der Waals surface area contributed by atoms with Gasteiger partial charge in [-0.15, -0.1) is 0 Å². The quantitative estimate of drug-likeness (QED) is 0.114. The van der Waals surface area contributed by atoms with E-state index in [-0.39, 0.29) is 0 Å². The topological polar surface area (TPSA) is 51.6 Å². The summed E-state index contributed by atoms with van der Waals surface area (Å²) >= 11 is 0. The molecule has 2 aromatic heterocycles. The molecule has 0 saturated carbocycles. The summed E-state index contributed by atoms with van der Waals surface area (Å²) in [5.41, 5.74) is 27.1. The Balaban J connectivity index is 0.000000146. The molecule has 18 aromatic carbocycles. The largest absolute Gasteiger partial charge is 0.228 e. The third-order valence-corrected chi connectivity index (χ3v) is 22.2. The number of hydrogen-bond donors (Lipinski definition) is 0. The van der Waals surface area contributed by atoms with Crippen molar-refractivity contribution in [3.63, 3.8) is 0 Å². The van der Waals surface area contributed by atoms with Gasteiger partial charge in [0.15, 0.2) is 11.6 Å². The molecule has 4 nitrogen and oxygen atoms in total. The smallest absolute Gasteiger partial charge is 0.160 e. The Labute approximate surface area is 651 Å². The Morgan fingerprint density at radius 2 is 0.482 bits per heavy atom. The molecule has 0 unspecified atom stereocenters. The van der Waals surface area contributed by atoms with Crippen LogP contribution < -0.4 is 0 Å². The molecule has 0 radical (unpaired) electrons. The van der Waals surface area contributed by atoms with Crippen LogP contribution in [0, 0.1) is 0 Å². The number of hydrogen-bond acceptors (Lipinski definition) is 4. The summed E-state index contributed by atoms with van der Waals surface area (Å²) in [5, 5.41) is 14.9. The predicted molar refractivity (Wildman–Crippen MR) is 472 cm³/mol. The summed E-state index contributed by atoms with van der Waals surface area (Å²) in [6.45, 7) is 0. The molecule has 112 heavy (non-hydrogen) atoms. The van der Waals surface area contributed by atoms with Crippen molar-refractivity contribution in [1.29, 1.82) is 0 Å². The van der Waals surface area contributed by atoms with Gasteiger partial charge in [0.1, 0.15) is 0 Å². The molecule has 0 N–H and O–H groups in total. The molecule has 1 aliphatic rings. The first kappa shape index (κ1) is 66.8. The van der Waals surface area contributed by atoms with Gasteiger partial charge in [0.2, 0.25) is 0 Å². The van der Waals surface area contributed by atoms with Crippen molar-refractivity contribution in [2.24, 2.45) is 0 Å². The summed E-state index contributed by atoms with van der Waals surface area (Å²) in [5.74, 6) is 1.40. The Morgan fingerprint density at radius 3 is 0.902 bits per heavy atom. The molecule has 0 aliphatic heterocycles. The minimum Gasteiger partial charge on any atom is -0.228 e. The van der Waals surface area contributed by atoms with Crippen LogP contribution in [0.15, 0.2) is 406 Å². The van der Waals surface area contributed by atoms with Gasteiger partial charge in [-0.3, -0.25) is 0 Å². The lowest BCUT2D eigenvalue weighted by Crippen LogP contribution is -1.99. The highest BCUT2D eigenvalue weighted by molar-refractivity contribution is 6.23. The summed E-state index contributed by atoms with van der Waals surface area (Å²) in [6, 6.07) is 143. The minimum atomic E-state index is 0.695.